The third-order valence-electron chi connectivity index (χ3n) is 6.00. The fourth-order valence-electron chi connectivity index (χ4n) is 4.01. The summed E-state index contributed by atoms with van der Waals surface area (Å²) >= 11 is 1.71. The molecule has 33 heavy (non-hydrogen) atoms. The van der Waals surface area contributed by atoms with E-state index in [-0.39, 0.29) is 19.0 Å². The number of aliphatic imine (C=N–C) groups is 1. The van der Waals surface area contributed by atoms with Crippen LogP contribution < -0.4 is 0 Å². The van der Waals surface area contributed by atoms with Gasteiger partial charge in [0, 0.05) is 23.1 Å². The van der Waals surface area contributed by atoms with Crippen LogP contribution in [0, 0.1) is 20.8 Å². The Kier molecular flexibility index (Phi) is 6.76. The van der Waals surface area contributed by atoms with Gasteiger partial charge in [0.05, 0.1) is 18.7 Å². The number of carbonyl (C=O) groups is 1. The van der Waals surface area contributed by atoms with Gasteiger partial charge < -0.3 is 9.47 Å². The summed E-state index contributed by atoms with van der Waals surface area (Å²) in [6.07, 6.45) is 0.0857. The van der Waals surface area contributed by atoms with Crippen LogP contribution in [0.1, 0.15) is 71.0 Å². The zero-order valence-electron chi connectivity index (χ0n) is 20.0. The summed E-state index contributed by atoms with van der Waals surface area (Å²) in [7, 11) is 1.58. The molecule has 0 radical (unpaired) electrons. The largest absolute Gasteiger partial charge is 0.463 e. The molecule has 1 aromatic carbocycles. The third-order valence-corrected chi connectivity index (χ3v) is 7.19. The van der Waals surface area contributed by atoms with Crippen LogP contribution in [0.4, 0.5) is 0 Å². The number of nitrogens with zero attached hydrogens (tertiary/aromatic N) is 4. The van der Waals surface area contributed by atoms with Crippen molar-refractivity contribution in [1.82, 2.24) is 14.8 Å². The molecule has 1 aliphatic heterocycles. The zero-order chi connectivity index (χ0) is 23.7. The lowest BCUT2D eigenvalue weighted by Crippen LogP contribution is -2.15. The van der Waals surface area contributed by atoms with Crippen molar-refractivity contribution < 1.29 is 14.3 Å². The number of aromatic nitrogens is 3. The molecule has 0 aliphatic carbocycles. The standard InChI is InChI=1S/C25H30N4O3S/c1-14(2)18-7-9-19(10-8-18)23-22-15(3)16(4)33-25(22)29-17(5)27-28-24(29)20(26-23)13-21(30)32-12-11-31-6/h7-10,14,20H,11-13H2,1-6H3/t20-/m0/s1. The highest BCUT2D eigenvalue weighted by Gasteiger charge is 2.32. The van der Waals surface area contributed by atoms with Crippen LogP contribution in [0.5, 0.6) is 0 Å². The molecule has 174 valence electrons. The summed E-state index contributed by atoms with van der Waals surface area (Å²) in [4.78, 5) is 19.0. The Morgan fingerprint density at radius 2 is 1.85 bits per heavy atom. The van der Waals surface area contributed by atoms with Crippen molar-refractivity contribution in [3.63, 3.8) is 0 Å². The van der Waals surface area contributed by atoms with Crippen LogP contribution in [-0.4, -0.2) is 46.8 Å². The summed E-state index contributed by atoms with van der Waals surface area (Å²) in [6, 6.07) is 8.05. The molecule has 0 N–H and O–H groups in total. The molecule has 0 saturated heterocycles. The summed E-state index contributed by atoms with van der Waals surface area (Å²) in [5, 5.41) is 9.79. The van der Waals surface area contributed by atoms with Crippen LogP contribution in [0.25, 0.3) is 5.00 Å². The first-order chi connectivity index (χ1) is 15.8. The number of benzene rings is 1. The van der Waals surface area contributed by atoms with Gasteiger partial charge in [-0.3, -0.25) is 14.4 Å². The van der Waals surface area contributed by atoms with Gasteiger partial charge in [-0.05, 0) is 37.8 Å². The van der Waals surface area contributed by atoms with Crippen molar-refractivity contribution >= 4 is 23.0 Å². The number of fused-ring (bicyclic) bond motifs is 3. The van der Waals surface area contributed by atoms with Crippen molar-refractivity contribution in [1.29, 1.82) is 0 Å². The van der Waals surface area contributed by atoms with E-state index in [0.717, 1.165) is 27.7 Å². The maximum atomic E-state index is 12.6. The highest BCUT2D eigenvalue weighted by Crippen LogP contribution is 2.39. The zero-order valence-corrected chi connectivity index (χ0v) is 20.8. The average molecular weight is 467 g/mol. The van der Waals surface area contributed by atoms with Crippen molar-refractivity contribution in [2.75, 3.05) is 20.3 Å². The summed E-state index contributed by atoms with van der Waals surface area (Å²) in [6.45, 7) is 11.1. The van der Waals surface area contributed by atoms with Gasteiger partial charge in [0.2, 0.25) is 0 Å². The molecule has 1 atom stereocenters. The van der Waals surface area contributed by atoms with E-state index >= 15 is 0 Å². The maximum absolute atomic E-state index is 12.6. The first-order valence-corrected chi connectivity index (χ1v) is 12.0. The number of thiophene rings is 1. The van der Waals surface area contributed by atoms with Gasteiger partial charge in [-0.1, -0.05) is 38.1 Å². The Hall–Kier alpha value is -2.84. The number of carbonyl (C=O) groups excluding carboxylic acids is 1. The fraction of sp³-hybridized carbons (Fsp3) is 0.440. The molecule has 0 amide bonds. The Labute approximate surface area is 198 Å². The number of hydrogen-bond donors (Lipinski definition) is 0. The predicted molar refractivity (Wildman–Crippen MR) is 130 cm³/mol. The van der Waals surface area contributed by atoms with Gasteiger partial charge in [0.15, 0.2) is 5.82 Å². The number of hydrogen-bond acceptors (Lipinski definition) is 7. The minimum atomic E-state index is -0.500. The molecular weight excluding hydrogens is 436 g/mol. The van der Waals surface area contributed by atoms with Gasteiger partial charge in [-0.25, -0.2) is 0 Å². The van der Waals surface area contributed by atoms with Crippen molar-refractivity contribution in [2.45, 2.75) is 53.0 Å². The lowest BCUT2D eigenvalue weighted by atomic mass is 9.96. The Bertz CT molecular complexity index is 1190. The van der Waals surface area contributed by atoms with Crippen LogP contribution in [-0.2, 0) is 14.3 Å². The Morgan fingerprint density at radius 3 is 2.52 bits per heavy atom. The second-order valence-corrected chi connectivity index (χ2v) is 9.80. The van der Waals surface area contributed by atoms with E-state index in [1.165, 1.54) is 16.0 Å². The second-order valence-electron chi connectivity index (χ2n) is 8.59. The van der Waals surface area contributed by atoms with Gasteiger partial charge in [-0.2, -0.15) is 0 Å². The normalized spacial score (nSPS) is 15.1. The molecule has 4 rings (SSSR count). The Morgan fingerprint density at radius 1 is 1.12 bits per heavy atom. The SMILES string of the molecule is COCCOC(=O)C[C@@H]1N=C(c2ccc(C(C)C)cc2)c2c(sc(C)c2C)-n2c(C)nnc21. The molecule has 0 unspecified atom stereocenters. The average Bonchev–Trinajstić information content (AvgIpc) is 3.26. The molecule has 0 fully saturated rings. The van der Waals surface area contributed by atoms with Gasteiger partial charge >= 0.3 is 5.97 Å². The van der Waals surface area contributed by atoms with Crippen LogP contribution >= 0.6 is 11.3 Å². The molecule has 3 heterocycles. The topological polar surface area (TPSA) is 78.6 Å². The molecule has 0 spiro atoms. The quantitative estimate of drug-likeness (QED) is 0.367. The molecule has 0 saturated carbocycles. The van der Waals surface area contributed by atoms with Crippen LogP contribution in [0.3, 0.4) is 0 Å². The predicted octanol–water partition coefficient (Wildman–Crippen LogP) is 4.85. The third kappa shape index (κ3) is 4.50. The van der Waals surface area contributed by atoms with E-state index in [9.17, 15) is 4.79 Å². The number of methoxy groups -OCH3 is 1. The van der Waals surface area contributed by atoms with E-state index in [1.807, 2.05) is 11.5 Å². The van der Waals surface area contributed by atoms with E-state index in [0.29, 0.717) is 18.3 Å². The molecule has 2 aromatic heterocycles. The maximum Gasteiger partial charge on any atom is 0.308 e. The lowest BCUT2D eigenvalue weighted by molar-refractivity contribution is -0.145. The Balaban J connectivity index is 1.84. The number of esters is 1. The molecule has 7 nitrogen and oxygen atoms in total. The van der Waals surface area contributed by atoms with E-state index in [4.69, 9.17) is 14.5 Å². The summed E-state index contributed by atoms with van der Waals surface area (Å²) < 4.78 is 12.4. The van der Waals surface area contributed by atoms with Gasteiger partial charge in [0.1, 0.15) is 23.5 Å². The van der Waals surface area contributed by atoms with Crippen molar-refractivity contribution in [3.05, 3.63) is 63.0 Å². The first kappa shape index (κ1) is 23.3. The molecule has 1 aliphatic rings. The monoisotopic (exact) mass is 466 g/mol. The van der Waals surface area contributed by atoms with Gasteiger partial charge in [-0.15, -0.1) is 21.5 Å². The summed E-state index contributed by atoms with van der Waals surface area (Å²) in [5.74, 6) is 1.55. The van der Waals surface area contributed by atoms with Crippen molar-refractivity contribution in [3.8, 4) is 5.00 Å². The number of ether oxygens (including phenoxy) is 2. The second kappa shape index (κ2) is 9.57. The molecular formula is C25H30N4O3S. The molecule has 8 heteroatoms. The van der Waals surface area contributed by atoms with Gasteiger partial charge in [0.25, 0.3) is 0 Å². The van der Waals surface area contributed by atoms with E-state index < -0.39 is 6.04 Å². The number of aryl methyl sites for hydroxylation is 2. The van der Waals surface area contributed by atoms with E-state index in [2.05, 4.69) is 62.2 Å². The smallest absolute Gasteiger partial charge is 0.308 e. The lowest BCUT2D eigenvalue weighted by Gasteiger charge is -2.13. The highest BCUT2D eigenvalue weighted by atomic mass is 32.1. The van der Waals surface area contributed by atoms with E-state index in [1.54, 1.807) is 18.4 Å². The van der Waals surface area contributed by atoms with Crippen molar-refractivity contribution in [2.24, 2.45) is 4.99 Å². The summed E-state index contributed by atoms with van der Waals surface area (Å²) in [5.41, 5.74) is 5.44. The molecule has 3 aromatic rings. The first-order valence-electron chi connectivity index (χ1n) is 11.2. The minimum absolute atomic E-state index is 0.0857. The fourth-order valence-corrected chi connectivity index (χ4v) is 5.22. The molecule has 0 bridgehead atoms. The number of rotatable bonds is 7. The van der Waals surface area contributed by atoms with Crippen LogP contribution in [0.2, 0.25) is 0 Å². The van der Waals surface area contributed by atoms with Crippen LogP contribution in [0.15, 0.2) is 29.3 Å². The minimum Gasteiger partial charge on any atom is -0.463 e. The highest BCUT2D eigenvalue weighted by molar-refractivity contribution is 7.15.